The summed E-state index contributed by atoms with van der Waals surface area (Å²) in [6, 6.07) is 1.50. The minimum atomic E-state index is -0.358. The molecule has 0 saturated carbocycles. The van der Waals surface area contributed by atoms with Crippen LogP contribution in [0.4, 0.5) is 0 Å². The van der Waals surface area contributed by atoms with Gasteiger partial charge in [0, 0.05) is 13.2 Å². The number of pyridine rings is 1. The third-order valence-corrected chi connectivity index (χ3v) is 2.21. The quantitative estimate of drug-likeness (QED) is 0.736. The molecular formula is C9H11ClN2O3. The number of carbonyl (C=O) groups is 1. The van der Waals surface area contributed by atoms with Crippen LogP contribution in [0.25, 0.3) is 0 Å². The second kappa shape index (κ2) is 4.95. The molecule has 0 atom stereocenters. The average molecular weight is 231 g/mol. The highest BCUT2D eigenvalue weighted by Gasteiger charge is 2.18. The van der Waals surface area contributed by atoms with Crippen LogP contribution >= 0.6 is 11.6 Å². The fraction of sp³-hybridized carbons (Fsp3) is 0.333. The first-order chi connectivity index (χ1) is 7.11. The van der Waals surface area contributed by atoms with Crippen LogP contribution in [0.3, 0.4) is 0 Å². The summed E-state index contributed by atoms with van der Waals surface area (Å²) in [5.74, 6) is -0.143. The van der Waals surface area contributed by atoms with Crippen molar-refractivity contribution in [3.05, 3.63) is 22.8 Å². The monoisotopic (exact) mass is 230 g/mol. The summed E-state index contributed by atoms with van der Waals surface area (Å²) in [5, 5.41) is 1.25. The van der Waals surface area contributed by atoms with Crippen molar-refractivity contribution < 1.29 is 14.4 Å². The van der Waals surface area contributed by atoms with Gasteiger partial charge in [0.25, 0.3) is 5.91 Å². The number of hydrogen-bond donors (Lipinski definition) is 0. The summed E-state index contributed by atoms with van der Waals surface area (Å²) in [6.45, 7) is 0. The maximum atomic E-state index is 11.7. The highest BCUT2D eigenvalue weighted by atomic mass is 35.5. The van der Waals surface area contributed by atoms with Gasteiger partial charge in [-0.2, -0.15) is 0 Å². The first kappa shape index (κ1) is 11.7. The fourth-order valence-electron chi connectivity index (χ4n) is 0.985. The molecule has 15 heavy (non-hydrogen) atoms. The Morgan fingerprint density at radius 1 is 1.53 bits per heavy atom. The normalized spacial score (nSPS) is 9.87. The number of rotatable bonds is 3. The van der Waals surface area contributed by atoms with E-state index in [1.54, 1.807) is 0 Å². The van der Waals surface area contributed by atoms with Crippen molar-refractivity contribution in [1.29, 1.82) is 0 Å². The lowest BCUT2D eigenvalue weighted by Gasteiger charge is -2.14. The van der Waals surface area contributed by atoms with Crippen LogP contribution < -0.4 is 4.74 Å². The number of hydroxylamine groups is 2. The van der Waals surface area contributed by atoms with E-state index in [1.165, 1.54) is 33.5 Å². The summed E-state index contributed by atoms with van der Waals surface area (Å²) < 4.78 is 4.89. The molecule has 5 nitrogen and oxygen atoms in total. The lowest BCUT2D eigenvalue weighted by Crippen LogP contribution is -2.25. The highest BCUT2D eigenvalue weighted by Crippen LogP contribution is 2.25. The second-order valence-electron chi connectivity index (χ2n) is 2.67. The van der Waals surface area contributed by atoms with Crippen molar-refractivity contribution in [3.8, 4) is 5.88 Å². The molecule has 6 heteroatoms. The Labute approximate surface area is 92.5 Å². The van der Waals surface area contributed by atoms with Gasteiger partial charge in [-0.1, -0.05) is 11.6 Å². The largest absolute Gasteiger partial charge is 0.480 e. The molecule has 0 aliphatic rings. The summed E-state index contributed by atoms with van der Waals surface area (Å²) >= 11 is 5.91. The van der Waals surface area contributed by atoms with Gasteiger partial charge in [0.2, 0.25) is 5.88 Å². The molecule has 0 aliphatic heterocycles. The van der Waals surface area contributed by atoms with Gasteiger partial charge in [-0.05, 0) is 6.07 Å². The van der Waals surface area contributed by atoms with E-state index in [9.17, 15) is 4.79 Å². The molecule has 0 N–H and O–H groups in total. The van der Waals surface area contributed by atoms with E-state index in [1.807, 2.05) is 0 Å². The number of aromatic nitrogens is 1. The maximum Gasteiger partial charge on any atom is 0.278 e. The van der Waals surface area contributed by atoms with E-state index >= 15 is 0 Å². The maximum absolute atomic E-state index is 11.7. The number of carbonyl (C=O) groups excluding carboxylic acids is 1. The number of amides is 1. The third-order valence-electron chi connectivity index (χ3n) is 1.84. The Balaban J connectivity index is 3.09. The summed E-state index contributed by atoms with van der Waals surface area (Å²) in [6.07, 6.45) is 1.45. The van der Waals surface area contributed by atoms with E-state index < -0.39 is 0 Å². The lowest BCUT2D eigenvalue weighted by atomic mass is 10.2. The van der Waals surface area contributed by atoms with Crippen LogP contribution in [0, 0.1) is 0 Å². The van der Waals surface area contributed by atoms with Crippen molar-refractivity contribution in [2.75, 3.05) is 21.3 Å². The number of methoxy groups -OCH3 is 1. The van der Waals surface area contributed by atoms with Gasteiger partial charge >= 0.3 is 0 Å². The van der Waals surface area contributed by atoms with Crippen LogP contribution in [0.15, 0.2) is 12.3 Å². The van der Waals surface area contributed by atoms with Crippen molar-refractivity contribution in [2.24, 2.45) is 0 Å². The molecule has 0 fully saturated rings. The van der Waals surface area contributed by atoms with Gasteiger partial charge in [0.1, 0.15) is 5.02 Å². The molecule has 1 aromatic rings. The second-order valence-corrected chi connectivity index (χ2v) is 3.04. The molecule has 0 unspecified atom stereocenters. The molecule has 82 valence electrons. The zero-order valence-electron chi connectivity index (χ0n) is 8.65. The van der Waals surface area contributed by atoms with Gasteiger partial charge in [0.05, 0.1) is 19.8 Å². The molecule has 0 saturated heterocycles. The van der Waals surface area contributed by atoms with Gasteiger partial charge in [-0.15, -0.1) is 0 Å². The summed E-state index contributed by atoms with van der Waals surface area (Å²) in [5.41, 5.74) is 0.285. The van der Waals surface area contributed by atoms with Gasteiger partial charge < -0.3 is 4.74 Å². The van der Waals surface area contributed by atoms with Crippen LogP contribution in [0.5, 0.6) is 5.88 Å². The molecule has 0 bridgehead atoms. The Morgan fingerprint density at radius 2 is 2.20 bits per heavy atom. The molecule has 0 aromatic carbocycles. The predicted molar refractivity (Wildman–Crippen MR) is 54.9 cm³/mol. The topological polar surface area (TPSA) is 51.7 Å². The smallest absolute Gasteiger partial charge is 0.278 e. The summed E-state index contributed by atoms with van der Waals surface area (Å²) in [4.78, 5) is 20.3. The van der Waals surface area contributed by atoms with Crippen molar-refractivity contribution in [2.45, 2.75) is 0 Å². The molecule has 1 rings (SSSR count). The third kappa shape index (κ3) is 2.37. The molecule has 0 radical (unpaired) electrons. The highest BCUT2D eigenvalue weighted by molar-refractivity contribution is 6.35. The van der Waals surface area contributed by atoms with Crippen LogP contribution in [-0.2, 0) is 4.84 Å². The molecular weight excluding hydrogens is 220 g/mol. The molecule has 0 spiro atoms. The average Bonchev–Trinajstić information content (AvgIpc) is 2.27. The van der Waals surface area contributed by atoms with Gasteiger partial charge in [-0.25, -0.2) is 10.0 Å². The van der Waals surface area contributed by atoms with E-state index in [0.717, 1.165) is 5.06 Å². The zero-order chi connectivity index (χ0) is 11.4. The van der Waals surface area contributed by atoms with E-state index in [0.29, 0.717) is 0 Å². The predicted octanol–water partition coefficient (Wildman–Crippen LogP) is 1.38. The number of hydrogen-bond acceptors (Lipinski definition) is 4. The van der Waals surface area contributed by atoms with Gasteiger partial charge in [-0.3, -0.25) is 9.63 Å². The molecule has 0 aliphatic carbocycles. The molecule has 1 aromatic heterocycles. The molecule has 1 heterocycles. The standard InChI is InChI=1S/C9H11ClN2O3/c1-12(15-3)9(13)6-4-5-11-8(14-2)7(6)10/h4-5H,1-3H3. The van der Waals surface area contributed by atoms with Crippen molar-refractivity contribution >= 4 is 17.5 Å². The SMILES string of the molecule is COc1nccc(C(=O)N(C)OC)c1Cl. The minimum Gasteiger partial charge on any atom is -0.480 e. The van der Waals surface area contributed by atoms with Crippen LogP contribution in [-0.4, -0.2) is 37.2 Å². The lowest BCUT2D eigenvalue weighted by molar-refractivity contribution is -0.0757. The Kier molecular flexibility index (Phi) is 3.88. The number of nitrogens with zero attached hydrogens (tertiary/aromatic N) is 2. The van der Waals surface area contributed by atoms with Gasteiger partial charge in [0.15, 0.2) is 0 Å². The van der Waals surface area contributed by atoms with Crippen molar-refractivity contribution in [1.82, 2.24) is 10.0 Å². The summed E-state index contributed by atoms with van der Waals surface area (Å²) in [7, 11) is 4.32. The first-order valence-electron chi connectivity index (χ1n) is 4.12. The number of ether oxygens (including phenoxy) is 1. The van der Waals surface area contributed by atoms with Crippen molar-refractivity contribution in [3.63, 3.8) is 0 Å². The Bertz CT molecular complexity index is 370. The van der Waals surface area contributed by atoms with E-state index in [-0.39, 0.29) is 22.4 Å². The zero-order valence-corrected chi connectivity index (χ0v) is 9.41. The molecule has 1 amide bonds. The number of halogens is 1. The van der Waals surface area contributed by atoms with Crippen LogP contribution in [0.1, 0.15) is 10.4 Å². The first-order valence-corrected chi connectivity index (χ1v) is 4.50. The van der Waals surface area contributed by atoms with E-state index in [4.69, 9.17) is 21.2 Å². The Morgan fingerprint density at radius 3 is 2.73 bits per heavy atom. The fourth-order valence-corrected chi connectivity index (χ4v) is 1.25. The van der Waals surface area contributed by atoms with E-state index in [2.05, 4.69) is 4.98 Å². The minimum absolute atomic E-state index is 0.175. The van der Waals surface area contributed by atoms with Crippen LogP contribution in [0.2, 0.25) is 5.02 Å². The Hall–Kier alpha value is -1.33.